The van der Waals surface area contributed by atoms with Crippen LogP contribution in [0, 0.1) is 6.92 Å². The first kappa shape index (κ1) is 13.8. The summed E-state index contributed by atoms with van der Waals surface area (Å²) in [6, 6.07) is 7.75. The molecule has 0 aromatic heterocycles. The summed E-state index contributed by atoms with van der Waals surface area (Å²) in [6.45, 7) is 0.481. The highest BCUT2D eigenvalue weighted by Crippen LogP contribution is 2.19. The molecule has 1 aromatic carbocycles. The van der Waals surface area contributed by atoms with Crippen LogP contribution in [-0.2, 0) is 6.54 Å². The summed E-state index contributed by atoms with van der Waals surface area (Å²) >= 11 is 0. The Morgan fingerprint density at radius 3 is 2.24 bits per heavy atom. The van der Waals surface area contributed by atoms with E-state index in [0.717, 1.165) is 11.1 Å². The van der Waals surface area contributed by atoms with Gasteiger partial charge in [0.25, 0.3) is 0 Å². The van der Waals surface area contributed by atoms with Crippen molar-refractivity contribution in [3.8, 4) is 0 Å². The second-order valence-electron chi connectivity index (χ2n) is 4.39. The molecule has 0 spiro atoms. The third-order valence-electron chi connectivity index (χ3n) is 2.51. The maximum Gasteiger partial charge on any atom is 0.506 e. The van der Waals surface area contributed by atoms with Crippen LogP contribution in [0.1, 0.15) is 11.1 Å². The number of hydrogen-bond donors (Lipinski definition) is 0. The summed E-state index contributed by atoms with van der Waals surface area (Å²) in [4.78, 5) is 1.61. The van der Waals surface area contributed by atoms with Crippen LogP contribution in [0.15, 0.2) is 36.3 Å². The van der Waals surface area contributed by atoms with E-state index in [9.17, 15) is 12.9 Å². The molecule has 0 heterocycles. The van der Waals surface area contributed by atoms with Crippen LogP contribution in [0.5, 0.6) is 0 Å². The van der Waals surface area contributed by atoms with Gasteiger partial charge in [-0.3, -0.25) is 0 Å². The van der Waals surface area contributed by atoms with E-state index < -0.39 is 12.4 Å². The van der Waals surface area contributed by atoms with Gasteiger partial charge in [-0.05, 0) is 26.1 Å². The minimum absolute atomic E-state index is 0.141. The highest BCUT2D eigenvalue weighted by molar-refractivity contribution is 6.66. The zero-order chi connectivity index (χ0) is 13.1. The van der Waals surface area contributed by atoms with Gasteiger partial charge in [0, 0.05) is 6.54 Å². The van der Waals surface area contributed by atoms with Gasteiger partial charge >= 0.3 is 6.98 Å². The SMILES string of the molecule is C=C(CN(C)Cc1ccc(C)cc1)[B-](F)(F)F. The number of nitrogens with zero attached hydrogens (tertiary/aromatic N) is 1. The lowest BCUT2D eigenvalue weighted by Gasteiger charge is -2.24. The number of likely N-dealkylation sites (N-methyl/N-ethyl adjacent to an activating group) is 1. The Kier molecular flexibility index (Phi) is 4.40. The molecule has 0 unspecified atom stereocenters. The van der Waals surface area contributed by atoms with Gasteiger partial charge in [0.15, 0.2) is 0 Å². The van der Waals surface area contributed by atoms with Crippen LogP contribution in [-0.4, -0.2) is 25.5 Å². The average Bonchev–Trinajstić information content (AvgIpc) is 2.20. The molecule has 0 aliphatic carbocycles. The molecule has 0 amide bonds. The minimum atomic E-state index is -4.93. The third-order valence-corrected chi connectivity index (χ3v) is 2.51. The van der Waals surface area contributed by atoms with Crippen molar-refractivity contribution in [1.82, 2.24) is 4.90 Å². The lowest BCUT2D eigenvalue weighted by Crippen LogP contribution is -2.29. The highest BCUT2D eigenvalue weighted by atomic mass is 19.4. The van der Waals surface area contributed by atoms with Crippen molar-refractivity contribution >= 4 is 6.98 Å². The molecule has 0 saturated heterocycles. The van der Waals surface area contributed by atoms with Gasteiger partial charge in [0.1, 0.15) is 0 Å². The van der Waals surface area contributed by atoms with Crippen molar-refractivity contribution in [2.45, 2.75) is 13.5 Å². The maximum absolute atomic E-state index is 12.3. The largest absolute Gasteiger partial charge is 0.506 e. The first-order valence-corrected chi connectivity index (χ1v) is 5.41. The van der Waals surface area contributed by atoms with Crippen molar-refractivity contribution in [1.29, 1.82) is 0 Å². The molecule has 0 bridgehead atoms. The Bertz CT molecular complexity index is 384. The maximum atomic E-state index is 12.3. The Morgan fingerprint density at radius 2 is 1.76 bits per heavy atom. The molecule has 5 heteroatoms. The number of rotatable bonds is 5. The van der Waals surface area contributed by atoms with E-state index in [0.29, 0.717) is 6.54 Å². The fraction of sp³-hybridized carbons (Fsp3) is 0.333. The van der Waals surface area contributed by atoms with E-state index in [1.54, 1.807) is 11.9 Å². The lowest BCUT2D eigenvalue weighted by molar-refractivity contribution is 0.350. The smallest absolute Gasteiger partial charge is 0.445 e. The van der Waals surface area contributed by atoms with Gasteiger partial charge in [-0.15, -0.1) is 12.1 Å². The lowest BCUT2D eigenvalue weighted by atomic mass is 9.80. The van der Waals surface area contributed by atoms with E-state index in [-0.39, 0.29) is 6.54 Å². The average molecular weight is 242 g/mol. The summed E-state index contributed by atoms with van der Waals surface area (Å²) in [7, 11) is 1.66. The number of halogens is 3. The standard InChI is InChI=1S/C12H16BF3N/c1-10-4-6-12(7-5-10)9-17(3)8-11(2)13(14,15)16/h4-7H,2,8-9H2,1,3H3/q-1. The summed E-state index contributed by atoms with van der Waals surface area (Å²) in [5, 5.41) is 0. The molecule has 17 heavy (non-hydrogen) atoms. The zero-order valence-corrected chi connectivity index (χ0v) is 10.1. The van der Waals surface area contributed by atoms with Crippen molar-refractivity contribution < 1.29 is 12.9 Å². The summed E-state index contributed by atoms with van der Waals surface area (Å²) in [6.07, 6.45) is 0. The highest BCUT2D eigenvalue weighted by Gasteiger charge is 2.26. The molecule has 0 N–H and O–H groups in total. The van der Waals surface area contributed by atoms with Crippen molar-refractivity contribution in [3.63, 3.8) is 0 Å². The van der Waals surface area contributed by atoms with Gasteiger partial charge in [0.05, 0.1) is 0 Å². The Balaban J connectivity index is 2.53. The van der Waals surface area contributed by atoms with Crippen molar-refractivity contribution in [3.05, 3.63) is 47.4 Å². The van der Waals surface area contributed by atoms with E-state index in [1.165, 1.54) is 0 Å². The molecule has 0 atom stereocenters. The molecule has 0 fully saturated rings. The normalized spacial score (nSPS) is 11.9. The number of hydrogen-bond acceptors (Lipinski definition) is 1. The van der Waals surface area contributed by atoms with Crippen LogP contribution in [0.2, 0.25) is 0 Å². The van der Waals surface area contributed by atoms with Gasteiger partial charge < -0.3 is 17.8 Å². The van der Waals surface area contributed by atoms with E-state index in [1.807, 2.05) is 31.2 Å². The molecule has 0 radical (unpaired) electrons. The van der Waals surface area contributed by atoms with Gasteiger partial charge in [-0.25, -0.2) is 0 Å². The number of benzene rings is 1. The summed E-state index contributed by atoms with van der Waals surface area (Å²) < 4.78 is 37.0. The quantitative estimate of drug-likeness (QED) is 0.715. The molecule has 0 aliphatic heterocycles. The first-order chi connectivity index (χ1) is 7.79. The monoisotopic (exact) mass is 242 g/mol. The predicted octanol–water partition coefficient (Wildman–Crippen LogP) is 3.37. The van der Waals surface area contributed by atoms with E-state index in [4.69, 9.17) is 0 Å². The summed E-state index contributed by atoms with van der Waals surface area (Å²) in [5.41, 5.74) is 1.49. The Labute approximate surface area is 100.0 Å². The second-order valence-corrected chi connectivity index (χ2v) is 4.39. The molecule has 1 rings (SSSR count). The molecule has 0 saturated carbocycles. The van der Waals surface area contributed by atoms with Crippen LogP contribution in [0.4, 0.5) is 12.9 Å². The van der Waals surface area contributed by atoms with E-state index in [2.05, 4.69) is 6.58 Å². The van der Waals surface area contributed by atoms with Crippen molar-refractivity contribution in [2.24, 2.45) is 0 Å². The van der Waals surface area contributed by atoms with Crippen LogP contribution < -0.4 is 0 Å². The molecule has 1 nitrogen and oxygen atoms in total. The second kappa shape index (κ2) is 5.40. The van der Waals surface area contributed by atoms with Gasteiger partial charge in [-0.2, -0.15) is 0 Å². The fourth-order valence-corrected chi connectivity index (χ4v) is 1.51. The van der Waals surface area contributed by atoms with Crippen LogP contribution in [0.25, 0.3) is 0 Å². The van der Waals surface area contributed by atoms with Crippen LogP contribution >= 0.6 is 0 Å². The predicted molar refractivity (Wildman–Crippen MR) is 65.7 cm³/mol. The first-order valence-electron chi connectivity index (χ1n) is 5.41. The van der Waals surface area contributed by atoms with Gasteiger partial charge in [-0.1, -0.05) is 29.8 Å². The Morgan fingerprint density at radius 1 is 1.24 bits per heavy atom. The van der Waals surface area contributed by atoms with Gasteiger partial charge in [0.2, 0.25) is 0 Å². The van der Waals surface area contributed by atoms with Crippen LogP contribution in [0.3, 0.4) is 0 Å². The third kappa shape index (κ3) is 4.65. The topological polar surface area (TPSA) is 3.24 Å². The van der Waals surface area contributed by atoms with E-state index >= 15 is 0 Å². The zero-order valence-electron chi connectivity index (χ0n) is 10.1. The molecule has 1 aromatic rings. The molecule has 94 valence electrons. The minimum Gasteiger partial charge on any atom is -0.445 e. The molecular weight excluding hydrogens is 226 g/mol. The molecular formula is C12H16BF3N-. The van der Waals surface area contributed by atoms with Crippen molar-refractivity contribution in [2.75, 3.05) is 13.6 Å². The number of aryl methyl sites for hydroxylation is 1. The molecule has 0 aliphatic rings. The Hall–Kier alpha value is -1.23. The fourth-order valence-electron chi connectivity index (χ4n) is 1.51. The summed E-state index contributed by atoms with van der Waals surface area (Å²) in [5.74, 6) is 0.